The summed E-state index contributed by atoms with van der Waals surface area (Å²) in [6.45, 7) is 5.89. The van der Waals surface area contributed by atoms with E-state index in [9.17, 15) is 34.5 Å². The predicted octanol–water partition coefficient (Wildman–Crippen LogP) is 17.9. The van der Waals surface area contributed by atoms with Crippen LogP contribution in [0.5, 0.6) is 0 Å². The Kier molecular flexibility index (Phi) is 53.0. The smallest absolute Gasteiger partial charge is 0.335 e. The molecule has 12 heteroatoms. The van der Waals surface area contributed by atoms with E-state index < -0.39 is 67.3 Å². The molecule has 0 bridgehead atoms. The first-order valence-corrected chi connectivity index (χ1v) is 33.3. The molecule has 6 atom stereocenters. The van der Waals surface area contributed by atoms with E-state index in [1.54, 1.807) is 0 Å². The first kappa shape index (κ1) is 75.4. The fourth-order valence-corrected chi connectivity index (χ4v) is 9.96. The highest BCUT2D eigenvalue weighted by molar-refractivity contribution is 5.74. The molecule has 0 aromatic heterocycles. The van der Waals surface area contributed by atoms with E-state index in [2.05, 4.69) is 81.5 Å². The van der Waals surface area contributed by atoms with Gasteiger partial charge in [-0.2, -0.15) is 0 Å². The fraction of sp³-hybridized carbons (Fsp3) is 0.797. The van der Waals surface area contributed by atoms with Gasteiger partial charge in [-0.15, -0.1) is 0 Å². The first-order chi connectivity index (χ1) is 39.6. The zero-order valence-electron chi connectivity index (χ0n) is 51.8. The second-order valence-corrected chi connectivity index (χ2v) is 22.7. The second kappa shape index (κ2) is 56.9. The van der Waals surface area contributed by atoms with Crippen molar-refractivity contribution in [1.29, 1.82) is 0 Å². The molecule has 1 heterocycles. The molecule has 12 nitrogen and oxygen atoms in total. The summed E-state index contributed by atoms with van der Waals surface area (Å²) in [7, 11) is 0. The molecule has 0 saturated carbocycles. The van der Waals surface area contributed by atoms with Gasteiger partial charge in [-0.3, -0.25) is 14.4 Å². The summed E-state index contributed by atoms with van der Waals surface area (Å²) < 4.78 is 28.5. The van der Waals surface area contributed by atoms with Crippen LogP contribution in [0, 0.1) is 0 Å². The molecule has 6 unspecified atom stereocenters. The van der Waals surface area contributed by atoms with Gasteiger partial charge in [0.05, 0.1) is 6.61 Å². The quantitative estimate of drug-likeness (QED) is 0.0228. The Labute approximate surface area is 494 Å². The van der Waals surface area contributed by atoms with E-state index in [1.807, 2.05) is 0 Å². The normalized spacial score (nSPS) is 18.1. The van der Waals surface area contributed by atoms with E-state index in [0.717, 1.165) is 77.0 Å². The van der Waals surface area contributed by atoms with Crippen molar-refractivity contribution in [3.05, 3.63) is 60.8 Å². The van der Waals surface area contributed by atoms with Crippen LogP contribution in [-0.2, 0) is 42.9 Å². The maximum atomic E-state index is 13.2. The number of rotatable bonds is 57. The number of esters is 3. The number of ether oxygens (including phenoxy) is 5. The highest BCUT2D eigenvalue weighted by Gasteiger charge is 2.50. The van der Waals surface area contributed by atoms with E-state index in [0.29, 0.717) is 19.3 Å². The molecule has 0 aromatic carbocycles. The minimum absolute atomic E-state index is 0.0253. The van der Waals surface area contributed by atoms with Gasteiger partial charge in [-0.25, -0.2) is 4.79 Å². The van der Waals surface area contributed by atoms with Gasteiger partial charge >= 0.3 is 23.9 Å². The number of aliphatic hydroxyl groups excluding tert-OH is 2. The SMILES string of the molecule is CC/C=C\C/C=C\C/C=C\CCCCCC(=O)OC1C(OCC(COC(=O)CCCCCCCCCCC/C=C\CCCCCCCC)OC(=O)CCCCCCCCCCC/C=C\CCCCCCCC)OC(C(=O)O)C(O)C1O. The van der Waals surface area contributed by atoms with Crippen molar-refractivity contribution in [2.75, 3.05) is 13.2 Å². The van der Waals surface area contributed by atoms with Gasteiger partial charge in [0.15, 0.2) is 24.6 Å². The molecule has 3 N–H and O–H groups in total. The van der Waals surface area contributed by atoms with Crippen LogP contribution < -0.4 is 0 Å². The summed E-state index contributed by atoms with van der Waals surface area (Å²) in [6, 6.07) is 0. The van der Waals surface area contributed by atoms with Crippen molar-refractivity contribution in [3.8, 4) is 0 Å². The molecule has 1 saturated heterocycles. The molecule has 0 aliphatic carbocycles. The number of carbonyl (C=O) groups is 4. The average molecular weight is 1140 g/mol. The molecule has 0 radical (unpaired) electrons. The van der Waals surface area contributed by atoms with Crippen molar-refractivity contribution in [1.82, 2.24) is 0 Å². The van der Waals surface area contributed by atoms with Crippen LogP contribution in [0.2, 0.25) is 0 Å². The predicted molar refractivity (Wildman–Crippen MR) is 331 cm³/mol. The highest BCUT2D eigenvalue weighted by atomic mass is 16.7. The molecule has 0 spiro atoms. The largest absolute Gasteiger partial charge is 0.479 e. The van der Waals surface area contributed by atoms with Crippen LogP contribution in [0.15, 0.2) is 60.8 Å². The summed E-state index contributed by atoms with van der Waals surface area (Å²) in [5.74, 6) is -3.14. The Bertz CT molecular complexity index is 1640. The Morgan fingerprint density at radius 2 is 0.778 bits per heavy atom. The maximum absolute atomic E-state index is 13.2. The molecule has 0 aromatic rings. The minimum atomic E-state index is -1.91. The van der Waals surface area contributed by atoms with Gasteiger partial charge in [-0.05, 0) is 103 Å². The molecule has 1 aliphatic rings. The van der Waals surface area contributed by atoms with Gasteiger partial charge in [0.25, 0.3) is 0 Å². The van der Waals surface area contributed by atoms with Crippen molar-refractivity contribution < 1.29 is 58.2 Å². The van der Waals surface area contributed by atoms with Crippen LogP contribution >= 0.6 is 0 Å². The first-order valence-electron chi connectivity index (χ1n) is 33.3. The highest BCUT2D eigenvalue weighted by Crippen LogP contribution is 2.27. The van der Waals surface area contributed by atoms with Crippen molar-refractivity contribution in [2.24, 2.45) is 0 Å². The summed E-state index contributed by atoms with van der Waals surface area (Å²) in [5, 5.41) is 31.6. The standard InChI is InChI=1S/C69H120O12/c1-4-7-10-13-16-19-22-25-27-29-31-33-35-38-40-43-46-49-52-55-61(70)77-58-60(79-62(71)56-53-50-47-44-42-39-36-34-32-30-28-26-23-20-17-14-11-8-5-2)59-78-69-67(65(74)64(73)66(81-69)68(75)76)80-63(72)57-54-51-48-45-41-37-24-21-18-15-12-9-6-3/h9,12,18,21,25-28,37,41,60,64-67,69,73-74H,4-8,10-11,13-17,19-20,22-24,29-36,38-40,42-59H2,1-3H3,(H,75,76)/b12-9-,21-18-,27-25-,28-26-,41-37-. The summed E-state index contributed by atoms with van der Waals surface area (Å²) in [6.07, 6.45) is 59.0. The third-order valence-corrected chi connectivity index (χ3v) is 15.0. The second-order valence-electron chi connectivity index (χ2n) is 22.7. The van der Waals surface area contributed by atoms with Crippen LogP contribution in [0.25, 0.3) is 0 Å². The number of carbonyl (C=O) groups excluding carboxylic acids is 3. The van der Waals surface area contributed by atoms with E-state index in [4.69, 9.17) is 23.7 Å². The molecule has 468 valence electrons. The van der Waals surface area contributed by atoms with E-state index in [1.165, 1.54) is 167 Å². The number of hydrogen-bond donors (Lipinski definition) is 3. The Balaban J connectivity index is 2.65. The molecule has 0 amide bonds. The van der Waals surface area contributed by atoms with Gasteiger partial charge in [0, 0.05) is 19.3 Å². The Morgan fingerprint density at radius 1 is 0.420 bits per heavy atom. The zero-order valence-corrected chi connectivity index (χ0v) is 51.8. The van der Waals surface area contributed by atoms with Gasteiger partial charge < -0.3 is 39.0 Å². The summed E-state index contributed by atoms with van der Waals surface area (Å²) >= 11 is 0. The van der Waals surface area contributed by atoms with Gasteiger partial charge in [0.2, 0.25) is 0 Å². The number of carboxylic acid groups (broad SMARTS) is 1. The van der Waals surface area contributed by atoms with Crippen molar-refractivity contribution >= 4 is 23.9 Å². The lowest BCUT2D eigenvalue weighted by atomic mass is 9.98. The number of hydrogen-bond acceptors (Lipinski definition) is 11. The number of allylic oxidation sites excluding steroid dienone is 10. The zero-order chi connectivity index (χ0) is 58.9. The fourth-order valence-electron chi connectivity index (χ4n) is 9.96. The van der Waals surface area contributed by atoms with Crippen molar-refractivity contribution in [3.63, 3.8) is 0 Å². The molecule has 81 heavy (non-hydrogen) atoms. The Hall–Kier alpha value is -3.58. The molecule has 1 rings (SSSR count). The lowest BCUT2D eigenvalue weighted by molar-refractivity contribution is -0.301. The van der Waals surface area contributed by atoms with Gasteiger partial charge in [0.1, 0.15) is 18.8 Å². The summed E-state index contributed by atoms with van der Waals surface area (Å²) in [5.41, 5.74) is 0. The maximum Gasteiger partial charge on any atom is 0.335 e. The van der Waals surface area contributed by atoms with Crippen molar-refractivity contribution in [2.45, 2.75) is 340 Å². The molecular formula is C69H120O12. The Morgan fingerprint density at radius 3 is 1.21 bits per heavy atom. The lowest BCUT2D eigenvalue weighted by Gasteiger charge is -2.40. The lowest BCUT2D eigenvalue weighted by Crippen LogP contribution is -2.61. The van der Waals surface area contributed by atoms with Crippen LogP contribution in [0.4, 0.5) is 0 Å². The van der Waals surface area contributed by atoms with Crippen LogP contribution in [0.3, 0.4) is 0 Å². The van der Waals surface area contributed by atoms with Gasteiger partial charge in [-0.1, -0.05) is 242 Å². The third kappa shape index (κ3) is 46.5. The number of carboxylic acids is 1. The molecule has 1 aliphatic heterocycles. The monoisotopic (exact) mass is 1140 g/mol. The minimum Gasteiger partial charge on any atom is -0.479 e. The van der Waals surface area contributed by atoms with Crippen LogP contribution in [-0.4, -0.2) is 89.2 Å². The topological polar surface area (TPSA) is 175 Å². The van der Waals surface area contributed by atoms with Crippen LogP contribution in [0.1, 0.15) is 303 Å². The number of aliphatic carboxylic acids is 1. The molecule has 1 fully saturated rings. The summed E-state index contributed by atoms with van der Waals surface area (Å²) in [4.78, 5) is 51.3. The average Bonchev–Trinajstić information content (AvgIpc) is 3.54. The van der Waals surface area contributed by atoms with E-state index >= 15 is 0 Å². The third-order valence-electron chi connectivity index (χ3n) is 15.0. The number of unbranched alkanes of at least 4 members (excludes halogenated alkanes) is 33. The molecular weight excluding hydrogens is 1020 g/mol. The number of aliphatic hydroxyl groups is 2. The van der Waals surface area contributed by atoms with E-state index in [-0.39, 0.29) is 25.9 Å².